The third-order valence-electron chi connectivity index (χ3n) is 6.94. The molecule has 0 aromatic rings. The molecule has 6 heteroatoms. The summed E-state index contributed by atoms with van der Waals surface area (Å²) < 4.78 is 4.34. The second kappa shape index (κ2) is 16.2. The molecule has 0 fully saturated rings. The van der Waals surface area contributed by atoms with Crippen LogP contribution in [0.5, 0.6) is 0 Å². The van der Waals surface area contributed by atoms with Gasteiger partial charge in [-0.1, -0.05) is 0 Å². The number of aliphatic carboxylic acids is 1. The van der Waals surface area contributed by atoms with Gasteiger partial charge in [-0.25, -0.2) is 0 Å². The zero-order valence-corrected chi connectivity index (χ0v) is 22.9. The van der Waals surface area contributed by atoms with E-state index in [1.807, 2.05) is 0 Å². The molecular weight excluding hydrogens is 481 g/mol. The van der Waals surface area contributed by atoms with E-state index in [4.69, 9.17) is 10.2 Å². The molecule has 0 amide bonds. The van der Waals surface area contributed by atoms with Crippen LogP contribution >= 0.6 is 0 Å². The van der Waals surface area contributed by atoms with Crippen molar-refractivity contribution in [2.24, 2.45) is 15.4 Å². The summed E-state index contributed by atoms with van der Waals surface area (Å²) in [5.74, 6) is -0.670. The van der Waals surface area contributed by atoms with Crippen molar-refractivity contribution < 1.29 is 9.90 Å². The van der Waals surface area contributed by atoms with Gasteiger partial charge >= 0.3 is 190 Å². The Labute approximate surface area is 189 Å². The summed E-state index contributed by atoms with van der Waals surface area (Å²) in [5, 5.41) is 22.2. The Morgan fingerprint density at radius 2 is 1.30 bits per heavy atom. The van der Waals surface area contributed by atoms with Crippen molar-refractivity contribution in [1.82, 2.24) is 0 Å². The van der Waals surface area contributed by atoms with Crippen molar-refractivity contribution in [3.63, 3.8) is 0 Å². The number of unbranched alkanes of at least 4 members (excludes halogenated alkanes) is 9. The van der Waals surface area contributed by atoms with Gasteiger partial charge in [0.1, 0.15) is 0 Å². The molecule has 1 aliphatic heterocycles. The average molecular weight is 528 g/mol. The molecule has 5 nitrogen and oxygen atoms in total. The summed E-state index contributed by atoms with van der Waals surface area (Å²) in [4.78, 5) is 10.6. The van der Waals surface area contributed by atoms with Crippen LogP contribution in [0.15, 0.2) is 15.4 Å². The van der Waals surface area contributed by atoms with Crippen LogP contribution in [0.2, 0.25) is 13.3 Å². The fourth-order valence-corrected chi connectivity index (χ4v) is 23.4. The summed E-state index contributed by atoms with van der Waals surface area (Å²) in [6.07, 6.45) is 19.5. The van der Waals surface area contributed by atoms with Gasteiger partial charge in [-0.2, -0.15) is 0 Å². The minimum atomic E-state index is -2.58. The van der Waals surface area contributed by atoms with Crippen molar-refractivity contribution in [2.75, 3.05) is 0 Å². The van der Waals surface area contributed by atoms with Crippen LogP contribution in [-0.2, 0) is 4.79 Å². The summed E-state index contributed by atoms with van der Waals surface area (Å²) in [6, 6.07) is 0. The van der Waals surface area contributed by atoms with Crippen LogP contribution in [-0.4, -0.2) is 39.2 Å². The van der Waals surface area contributed by atoms with E-state index < -0.39 is 24.3 Å². The van der Waals surface area contributed by atoms with Crippen LogP contribution in [0.25, 0.3) is 0 Å². The van der Waals surface area contributed by atoms with Crippen molar-refractivity contribution in [3.8, 4) is 0 Å². The van der Waals surface area contributed by atoms with E-state index in [1.54, 1.807) is 0 Å². The first-order valence-electron chi connectivity index (χ1n) is 12.7. The van der Waals surface area contributed by atoms with E-state index >= 15 is 0 Å². The molecule has 0 saturated carbocycles. The fourth-order valence-electron chi connectivity index (χ4n) is 5.00. The number of carbonyl (C=O) groups is 1. The number of carboxylic acid groups (broad SMARTS) is 1. The predicted octanol–water partition coefficient (Wildman–Crippen LogP) is 8.16. The van der Waals surface area contributed by atoms with Crippen molar-refractivity contribution in [2.45, 2.75) is 134 Å². The van der Waals surface area contributed by atoms with Gasteiger partial charge in [0.15, 0.2) is 0 Å². The quantitative estimate of drug-likeness (QED) is 0.128. The molecule has 0 bridgehead atoms. The number of carboxylic acids is 1. The zero-order chi connectivity index (χ0) is 22.1. The van der Waals surface area contributed by atoms with Gasteiger partial charge < -0.3 is 0 Å². The molecule has 0 aromatic carbocycles. The Bertz CT molecular complexity index is 489. The molecule has 0 aliphatic carbocycles. The Hall–Kier alpha value is -0.461. The van der Waals surface area contributed by atoms with Crippen molar-refractivity contribution >= 4 is 30.6 Å². The Morgan fingerprint density at radius 1 is 0.800 bits per heavy atom. The summed E-state index contributed by atoms with van der Waals surface area (Å²) in [6.45, 7) is 6.97. The second-order valence-electron chi connectivity index (χ2n) is 9.32. The predicted molar refractivity (Wildman–Crippen MR) is 130 cm³/mol. The van der Waals surface area contributed by atoms with Crippen molar-refractivity contribution in [3.05, 3.63) is 0 Å². The minimum absolute atomic E-state index is 0.00960. The van der Waals surface area contributed by atoms with E-state index in [-0.39, 0.29) is 3.55 Å². The maximum atomic E-state index is 10.6. The van der Waals surface area contributed by atoms with Gasteiger partial charge in [0.05, 0.1) is 0 Å². The topological polar surface area (TPSA) is 74.4 Å². The number of hydrogen-bond acceptors (Lipinski definition) is 4. The number of rotatable bonds is 20. The molecule has 0 spiro atoms. The average Bonchev–Trinajstić information content (AvgIpc) is 3.22. The zero-order valence-electron chi connectivity index (χ0n) is 20.0. The van der Waals surface area contributed by atoms with Crippen LogP contribution < -0.4 is 0 Å². The number of hydrogen-bond donors (Lipinski definition) is 1. The molecule has 1 N–H and O–H groups in total. The molecule has 0 aromatic heterocycles. The van der Waals surface area contributed by atoms with Gasteiger partial charge in [0.25, 0.3) is 0 Å². The Kier molecular flexibility index (Phi) is 14.9. The van der Waals surface area contributed by atoms with Crippen LogP contribution in [0.4, 0.5) is 0 Å². The normalized spacial score (nSPS) is 18.4. The van der Waals surface area contributed by atoms with Crippen LogP contribution in [0.3, 0.4) is 0 Å². The second-order valence-corrected chi connectivity index (χ2v) is 23.4. The first-order chi connectivity index (χ1) is 14.6. The summed E-state index contributed by atoms with van der Waals surface area (Å²) in [5.41, 5.74) is 0. The summed E-state index contributed by atoms with van der Waals surface area (Å²) in [7, 11) is 0. The van der Waals surface area contributed by atoms with E-state index in [0.717, 1.165) is 25.7 Å². The Morgan fingerprint density at radius 3 is 1.73 bits per heavy atom. The standard InChI is InChI=1S/C12H20N3O2.3C4H9.Sn/c16-12(17)9-7-5-3-1-2-4-6-8-11-10-13-15-14-11;3*1-3-4-2;/h10H,1-9H2,(H,16,17);3*1,3-4H2,2H3;. The molecular formula is C24H47N3O2Sn. The van der Waals surface area contributed by atoms with Gasteiger partial charge in [-0.05, 0) is 0 Å². The maximum absolute atomic E-state index is 10.6. The SMILES string of the molecule is CCC[CH2][Sn]([CH2]CCC)([CH2]CCC)[C]1(CCCCCCCCCC(=O)O)C=NN=N1. The third-order valence-corrected chi connectivity index (χ3v) is 24.8. The molecule has 1 heterocycles. The molecule has 1 atom stereocenters. The molecule has 1 rings (SSSR count). The Balaban J connectivity index is 2.65. The fraction of sp³-hybridized carbons (Fsp3) is 0.917. The molecule has 174 valence electrons. The van der Waals surface area contributed by atoms with Crippen molar-refractivity contribution in [1.29, 1.82) is 0 Å². The molecule has 0 radical (unpaired) electrons. The van der Waals surface area contributed by atoms with Gasteiger partial charge in [-0.15, -0.1) is 0 Å². The monoisotopic (exact) mass is 529 g/mol. The van der Waals surface area contributed by atoms with Gasteiger partial charge in [-0.3, -0.25) is 0 Å². The molecule has 0 saturated heterocycles. The van der Waals surface area contributed by atoms with E-state index in [1.165, 1.54) is 77.5 Å². The molecule has 1 aliphatic rings. The molecule has 30 heavy (non-hydrogen) atoms. The third kappa shape index (κ3) is 9.35. The summed E-state index contributed by atoms with van der Waals surface area (Å²) >= 11 is -2.58. The first-order valence-corrected chi connectivity index (χ1v) is 20.2. The van der Waals surface area contributed by atoms with E-state index in [9.17, 15) is 4.79 Å². The first kappa shape index (κ1) is 27.6. The van der Waals surface area contributed by atoms with Gasteiger partial charge in [0, 0.05) is 0 Å². The van der Waals surface area contributed by atoms with E-state index in [0.29, 0.717) is 6.42 Å². The van der Waals surface area contributed by atoms with Crippen LogP contribution in [0.1, 0.15) is 117 Å². The number of nitrogens with zero attached hydrogens (tertiary/aromatic N) is 3. The van der Waals surface area contributed by atoms with E-state index in [2.05, 4.69) is 37.3 Å². The van der Waals surface area contributed by atoms with Crippen LogP contribution in [0, 0.1) is 0 Å². The van der Waals surface area contributed by atoms with Gasteiger partial charge in [0.2, 0.25) is 0 Å². The molecule has 1 unspecified atom stereocenters.